The van der Waals surface area contributed by atoms with Crippen LogP contribution in [0.15, 0.2) is 12.1 Å². The highest BCUT2D eigenvalue weighted by molar-refractivity contribution is 6.42. The molecule has 5 heteroatoms. The summed E-state index contributed by atoms with van der Waals surface area (Å²) in [6, 6.07) is 2.90. The zero-order chi connectivity index (χ0) is 11.7. The molecule has 0 aliphatic carbocycles. The van der Waals surface area contributed by atoms with Crippen molar-refractivity contribution in [3.8, 4) is 5.75 Å². The second-order valence-corrected chi connectivity index (χ2v) is 4.92. The molecule has 1 fully saturated rings. The molecular formula is C11H14Cl2N2O. The van der Waals surface area contributed by atoms with Gasteiger partial charge in [-0.05, 0) is 31.5 Å². The summed E-state index contributed by atoms with van der Waals surface area (Å²) in [6.45, 7) is 1.85. The number of halogens is 2. The van der Waals surface area contributed by atoms with Crippen molar-refractivity contribution in [1.29, 1.82) is 0 Å². The van der Waals surface area contributed by atoms with Gasteiger partial charge in [-0.2, -0.15) is 0 Å². The number of nitrogens with two attached hydrogens (primary N) is 1. The third kappa shape index (κ3) is 2.28. The summed E-state index contributed by atoms with van der Waals surface area (Å²) in [4.78, 5) is 0. The molecule has 4 N–H and O–H groups in total. The van der Waals surface area contributed by atoms with E-state index in [0.29, 0.717) is 21.5 Å². The van der Waals surface area contributed by atoms with E-state index in [1.54, 1.807) is 6.07 Å². The first kappa shape index (κ1) is 12.0. The summed E-state index contributed by atoms with van der Waals surface area (Å²) in [6.07, 6.45) is 1.01. The first-order valence-electron chi connectivity index (χ1n) is 5.24. The summed E-state index contributed by atoms with van der Waals surface area (Å²) < 4.78 is 0. The molecule has 1 aliphatic heterocycles. The molecule has 0 spiro atoms. The standard InChI is InChI=1S/C11H14Cl2N2O/c12-8-3-7(10(16)4-9(8)13)11(14)6-1-2-15-5-6/h3-4,6,11,15-16H,1-2,5,14H2/t6-,11?/m1/s1. The van der Waals surface area contributed by atoms with Gasteiger partial charge in [-0.3, -0.25) is 0 Å². The summed E-state index contributed by atoms with van der Waals surface area (Å²) in [5, 5.41) is 13.8. The van der Waals surface area contributed by atoms with Crippen molar-refractivity contribution in [3.05, 3.63) is 27.7 Å². The predicted octanol–water partition coefficient (Wildman–Crippen LogP) is 2.31. The lowest BCUT2D eigenvalue weighted by atomic mass is 9.92. The Morgan fingerprint density at radius 1 is 1.38 bits per heavy atom. The van der Waals surface area contributed by atoms with Crippen molar-refractivity contribution >= 4 is 23.2 Å². The van der Waals surface area contributed by atoms with E-state index < -0.39 is 0 Å². The highest BCUT2D eigenvalue weighted by Crippen LogP contribution is 2.36. The number of aromatic hydroxyl groups is 1. The Bertz CT molecular complexity index is 392. The Morgan fingerprint density at radius 3 is 2.69 bits per heavy atom. The van der Waals surface area contributed by atoms with Crippen LogP contribution in [0.5, 0.6) is 5.75 Å². The predicted molar refractivity (Wildman–Crippen MR) is 66.0 cm³/mol. The summed E-state index contributed by atoms with van der Waals surface area (Å²) in [5.74, 6) is 0.456. The molecule has 2 atom stereocenters. The fourth-order valence-corrected chi connectivity index (χ4v) is 2.39. The fourth-order valence-electron chi connectivity index (χ4n) is 2.06. The number of benzene rings is 1. The number of nitrogens with one attached hydrogen (secondary N) is 1. The summed E-state index contributed by atoms with van der Waals surface area (Å²) >= 11 is 11.7. The molecule has 1 saturated heterocycles. The smallest absolute Gasteiger partial charge is 0.121 e. The monoisotopic (exact) mass is 260 g/mol. The molecule has 1 heterocycles. The van der Waals surface area contributed by atoms with E-state index in [2.05, 4.69) is 5.32 Å². The van der Waals surface area contributed by atoms with Gasteiger partial charge in [-0.15, -0.1) is 0 Å². The second kappa shape index (κ2) is 4.80. The van der Waals surface area contributed by atoms with Crippen molar-refractivity contribution in [1.82, 2.24) is 5.32 Å². The normalized spacial score (nSPS) is 22.3. The zero-order valence-electron chi connectivity index (χ0n) is 8.71. The molecule has 0 aromatic heterocycles. The highest BCUT2D eigenvalue weighted by Gasteiger charge is 2.25. The molecule has 88 valence electrons. The molecule has 0 radical (unpaired) electrons. The van der Waals surface area contributed by atoms with Crippen LogP contribution in [0.25, 0.3) is 0 Å². The lowest BCUT2D eigenvalue weighted by Crippen LogP contribution is -2.23. The maximum absolute atomic E-state index is 9.80. The van der Waals surface area contributed by atoms with Crippen LogP contribution >= 0.6 is 23.2 Å². The molecule has 0 amide bonds. The van der Waals surface area contributed by atoms with Gasteiger partial charge < -0.3 is 16.2 Å². The van der Waals surface area contributed by atoms with Crippen molar-refractivity contribution in [3.63, 3.8) is 0 Å². The lowest BCUT2D eigenvalue weighted by molar-refractivity contribution is 0.425. The summed E-state index contributed by atoms with van der Waals surface area (Å²) in [7, 11) is 0. The van der Waals surface area contributed by atoms with Gasteiger partial charge in [0, 0.05) is 17.7 Å². The molecule has 1 aromatic rings. The number of hydrogen-bond acceptors (Lipinski definition) is 3. The van der Waals surface area contributed by atoms with Crippen molar-refractivity contribution < 1.29 is 5.11 Å². The van der Waals surface area contributed by atoms with Crippen LogP contribution in [0.1, 0.15) is 18.0 Å². The van der Waals surface area contributed by atoms with Crippen LogP contribution in [0.2, 0.25) is 10.0 Å². The number of phenols is 1. The maximum Gasteiger partial charge on any atom is 0.121 e. The molecule has 1 aliphatic rings. The Hall–Kier alpha value is -0.480. The molecule has 2 rings (SSSR count). The fraction of sp³-hybridized carbons (Fsp3) is 0.455. The molecule has 0 saturated carbocycles. The van der Waals surface area contributed by atoms with Crippen LogP contribution in [-0.2, 0) is 0 Å². The molecular weight excluding hydrogens is 247 g/mol. The lowest BCUT2D eigenvalue weighted by Gasteiger charge is -2.20. The van der Waals surface area contributed by atoms with Crippen molar-refractivity contribution in [2.75, 3.05) is 13.1 Å². The Labute approximate surface area is 105 Å². The molecule has 0 bridgehead atoms. The average molecular weight is 261 g/mol. The van der Waals surface area contributed by atoms with Crippen LogP contribution in [0, 0.1) is 5.92 Å². The van der Waals surface area contributed by atoms with E-state index in [-0.39, 0.29) is 11.8 Å². The number of phenolic OH excluding ortho intramolecular Hbond substituents is 1. The van der Waals surface area contributed by atoms with Gasteiger partial charge in [-0.25, -0.2) is 0 Å². The first-order chi connectivity index (χ1) is 7.59. The minimum Gasteiger partial charge on any atom is -0.508 e. The van der Waals surface area contributed by atoms with Crippen molar-refractivity contribution in [2.24, 2.45) is 11.7 Å². The van der Waals surface area contributed by atoms with E-state index in [0.717, 1.165) is 19.5 Å². The third-order valence-electron chi connectivity index (χ3n) is 3.04. The van der Waals surface area contributed by atoms with E-state index in [1.165, 1.54) is 6.07 Å². The molecule has 1 aromatic carbocycles. The van der Waals surface area contributed by atoms with Crippen LogP contribution < -0.4 is 11.1 Å². The molecule has 1 unspecified atom stereocenters. The first-order valence-corrected chi connectivity index (χ1v) is 5.99. The van der Waals surface area contributed by atoms with Crippen LogP contribution in [0.3, 0.4) is 0 Å². The Balaban J connectivity index is 2.28. The van der Waals surface area contributed by atoms with Crippen molar-refractivity contribution in [2.45, 2.75) is 12.5 Å². The molecule has 16 heavy (non-hydrogen) atoms. The van der Waals surface area contributed by atoms with Gasteiger partial charge in [0.2, 0.25) is 0 Å². The second-order valence-electron chi connectivity index (χ2n) is 4.10. The third-order valence-corrected chi connectivity index (χ3v) is 3.76. The quantitative estimate of drug-likeness (QED) is 0.765. The number of rotatable bonds is 2. The van der Waals surface area contributed by atoms with Gasteiger partial charge in [0.05, 0.1) is 10.0 Å². The van der Waals surface area contributed by atoms with Gasteiger partial charge in [0.15, 0.2) is 0 Å². The van der Waals surface area contributed by atoms with E-state index in [4.69, 9.17) is 28.9 Å². The van der Waals surface area contributed by atoms with Crippen LogP contribution in [-0.4, -0.2) is 18.2 Å². The van der Waals surface area contributed by atoms with E-state index in [1.807, 2.05) is 0 Å². The maximum atomic E-state index is 9.80. The topological polar surface area (TPSA) is 58.3 Å². The SMILES string of the molecule is NC(c1cc(Cl)c(Cl)cc1O)[C@@H]1CCNC1. The van der Waals surface area contributed by atoms with Gasteiger partial charge >= 0.3 is 0 Å². The average Bonchev–Trinajstić information content (AvgIpc) is 2.75. The largest absolute Gasteiger partial charge is 0.508 e. The molecule has 3 nitrogen and oxygen atoms in total. The van der Waals surface area contributed by atoms with Gasteiger partial charge in [0.25, 0.3) is 0 Å². The van der Waals surface area contributed by atoms with E-state index >= 15 is 0 Å². The van der Waals surface area contributed by atoms with Gasteiger partial charge in [-0.1, -0.05) is 23.2 Å². The highest BCUT2D eigenvalue weighted by atomic mass is 35.5. The number of hydrogen-bond donors (Lipinski definition) is 3. The summed E-state index contributed by atoms with van der Waals surface area (Å²) in [5.41, 5.74) is 6.79. The Kier molecular flexibility index (Phi) is 3.60. The zero-order valence-corrected chi connectivity index (χ0v) is 10.2. The minimum absolute atomic E-state index is 0.119. The Morgan fingerprint density at radius 2 is 2.06 bits per heavy atom. The minimum atomic E-state index is -0.204. The van der Waals surface area contributed by atoms with E-state index in [9.17, 15) is 5.11 Å². The van der Waals surface area contributed by atoms with Gasteiger partial charge in [0.1, 0.15) is 5.75 Å². The van der Waals surface area contributed by atoms with Crippen LogP contribution in [0.4, 0.5) is 0 Å².